The van der Waals surface area contributed by atoms with E-state index in [0.29, 0.717) is 0 Å². The normalized spacial score (nSPS) is 14.0. The lowest BCUT2D eigenvalue weighted by Crippen LogP contribution is -2.18. The quantitative estimate of drug-likeness (QED) is 0.163. The highest BCUT2D eigenvalue weighted by molar-refractivity contribution is 6.08. The van der Waals surface area contributed by atoms with Crippen LogP contribution in [-0.4, -0.2) is 0 Å². The number of nitrogens with zero attached hydrogens (tertiary/aromatic N) is 1. The Bertz CT molecular complexity index is 3090. The molecule has 0 radical (unpaired) electrons. The minimum Gasteiger partial charge on any atom is -0.309 e. The van der Waals surface area contributed by atoms with Crippen LogP contribution in [0, 0.1) is 0 Å². The van der Waals surface area contributed by atoms with E-state index in [1.54, 1.807) is 0 Å². The van der Waals surface area contributed by atoms with Gasteiger partial charge in [0.15, 0.2) is 0 Å². The van der Waals surface area contributed by atoms with E-state index in [4.69, 9.17) is 0 Å². The van der Waals surface area contributed by atoms with Gasteiger partial charge in [-0.2, -0.15) is 0 Å². The van der Waals surface area contributed by atoms with Crippen LogP contribution in [0.1, 0.15) is 49.9 Å². The first-order valence-electron chi connectivity index (χ1n) is 20.9. The van der Waals surface area contributed by atoms with E-state index in [1.807, 2.05) is 0 Å². The molecule has 11 rings (SSSR count). The van der Waals surface area contributed by atoms with E-state index in [1.165, 1.54) is 94.3 Å². The van der Waals surface area contributed by atoms with Gasteiger partial charge in [-0.3, -0.25) is 0 Å². The highest BCUT2D eigenvalue weighted by Gasteiger charge is 2.40. The summed E-state index contributed by atoms with van der Waals surface area (Å²) in [6.45, 7) is 9.53. The summed E-state index contributed by atoms with van der Waals surface area (Å²) < 4.78 is 0. The first-order chi connectivity index (χ1) is 28.8. The lowest BCUT2D eigenvalue weighted by atomic mass is 9.82. The summed E-state index contributed by atoms with van der Waals surface area (Å²) in [5.41, 5.74) is 21.0. The van der Waals surface area contributed by atoms with Crippen molar-refractivity contribution in [2.75, 3.05) is 4.90 Å². The molecule has 59 heavy (non-hydrogen) atoms. The summed E-state index contributed by atoms with van der Waals surface area (Å²) in [6.07, 6.45) is 0. The zero-order chi connectivity index (χ0) is 39.9. The van der Waals surface area contributed by atoms with Crippen LogP contribution < -0.4 is 4.90 Å². The molecule has 2 aliphatic rings. The van der Waals surface area contributed by atoms with E-state index in [0.717, 1.165) is 11.4 Å². The Balaban J connectivity index is 1.31. The molecule has 0 N–H and O–H groups in total. The van der Waals surface area contributed by atoms with E-state index in [-0.39, 0.29) is 10.8 Å². The Morgan fingerprint density at radius 1 is 0.339 bits per heavy atom. The highest BCUT2D eigenvalue weighted by Crippen LogP contribution is 2.58. The van der Waals surface area contributed by atoms with Crippen LogP contribution in [0.5, 0.6) is 0 Å². The fourth-order valence-corrected chi connectivity index (χ4v) is 10.3. The Morgan fingerprint density at radius 3 is 1.66 bits per heavy atom. The average molecular weight is 756 g/mol. The molecule has 0 fully saturated rings. The van der Waals surface area contributed by atoms with E-state index in [9.17, 15) is 0 Å². The van der Waals surface area contributed by atoms with Gasteiger partial charge in [-0.05, 0) is 102 Å². The largest absolute Gasteiger partial charge is 0.309 e. The Morgan fingerprint density at radius 2 is 0.881 bits per heavy atom. The molecular weight excluding hydrogens is 711 g/mol. The maximum absolute atomic E-state index is 2.62. The summed E-state index contributed by atoms with van der Waals surface area (Å²) in [4.78, 5) is 2.62. The molecule has 0 aromatic heterocycles. The average Bonchev–Trinajstić information content (AvgIpc) is 3.66. The molecule has 0 bridgehead atoms. The monoisotopic (exact) mass is 755 g/mol. The predicted octanol–water partition coefficient (Wildman–Crippen LogP) is 15.9. The third kappa shape index (κ3) is 5.38. The highest BCUT2D eigenvalue weighted by atomic mass is 15.2. The van der Waals surface area contributed by atoms with Gasteiger partial charge >= 0.3 is 0 Å². The smallest absolute Gasteiger partial charge is 0.0619 e. The van der Waals surface area contributed by atoms with Crippen LogP contribution in [0.4, 0.5) is 17.1 Å². The van der Waals surface area contributed by atoms with E-state index < -0.39 is 0 Å². The Kier molecular flexibility index (Phi) is 7.94. The number of benzene rings is 9. The molecule has 0 atom stereocenters. The van der Waals surface area contributed by atoms with Crippen LogP contribution in [0.15, 0.2) is 200 Å². The van der Waals surface area contributed by atoms with Gasteiger partial charge in [0.1, 0.15) is 0 Å². The minimum atomic E-state index is -0.168. The first kappa shape index (κ1) is 35.2. The van der Waals surface area contributed by atoms with Crippen molar-refractivity contribution in [1.29, 1.82) is 0 Å². The van der Waals surface area contributed by atoms with Gasteiger partial charge in [0.05, 0.1) is 11.4 Å². The second-order valence-electron chi connectivity index (χ2n) is 17.3. The number of fused-ring (bicyclic) bond motifs is 7. The van der Waals surface area contributed by atoms with Crippen molar-refractivity contribution >= 4 is 27.8 Å². The molecule has 0 unspecified atom stereocenters. The summed E-state index contributed by atoms with van der Waals surface area (Å²) in [5, 5.41) is 2.46. The molecule has 1 heteroatoms. The van der Waals surface area contributed by atoms with Crippen molar-refractivity contribution in [2.45, 2.75) is 38.5 Å². The Hall–Kier alpha value is -6.96. The SMILES string of the molecule is CC1(C)c2ccccc2-c2ccc(N(c3cccc4c3-c3ccccc3C4(C)C)c3c(-c4ccccc4)cc(-c4ccccc4)cc3-c3cccc4ccccc34)cc21. The topological polar surface area (TPSA) is 3.24 Å². The van der Waals surface area contributed by atoms with Crippen LogP contribution in [0.2, 0.25) is 0 Å². The molecule has 0 spiro atoms. The molecule has 2 aliphatic carbocycles. The summed E-state index contributed by atoms with van der Waals surface area (Å²) in [6, 6.07) is 74.6. The minimum absolute atomic E-state index is 0.160. The van der Waals surface area contributed by atoms with Crippen molar-refractivity contribution in [2.24, 2.45) is 0 Å². The lowest BCUT2D eigenvalue weighted by Gasteiger charge is -2.34. The van der Waals surface area contributed by atoms with Crippen LogP contribution in [-0.2, 0) is 10.8 Å². The maximum Gasteiger partial charge on any atom is 0.0619 e. The van der Waals surface area contributed by atoms with E-state index >= 15 is 0 Å². The lowest BCUT2D eigenvalue weighted by molar-refractivity contribution is 0.660. The molecule has 0 aliphatic heterocycles. The van der Waals surface area contributed by atoms with Crippen LogP contribution >= 0.6 is 0 Å². The first-order valence-corrected chi connectivity index (χ1v) is 20.9. The molecule has 282 valence electrons. The van der Waals surface area contributed by atoms with Crippen LogP contribution in [0.3, 0.4) is 0 Å². The standard InChI is InChI=1S/C58H45N/c1-57(2)51-30-16-14-27-47(51)55-52(57)31-18-32-54(55)59(42-33-34-46-45-26-13-15-29-50(45)58(3,4)53(46)37-42)56-48(40-21-9-6-10-22-40)35-41(38-19-7-5-8-20-38)36-49(56)44-28-17-24-39-23-11-12-25-43(39)44/h5-37H,1-4H3. The molecule has 0 saturated carbocycles. The van der Waals surface area contributed by atoms with Gasteiger partial charge in [0, 0.05) is 33.2 Å². The molecular formula is C58H45N. The van der Waals surface area contributed by atoms with Gasteiger partial charge in [-0.1, -0.05) is 198 Å². The number of hydrogen-bond acceptors (Lipinski definition) is 1. The maximum atomic E-state index is 2.62. The van der Waals surface area contributed by atoms with Gasteiger partial charge in [-0.15, -0.1) is 0 Å². The number of anilines is 3. The zero-order valence-corrected chi connectivity index (χ0v) is 34.0. The van der Waals surface area contributed by atoms with Crippen molar-refractivity contribution in [3.63, 3.8) is 0 Å². The second-order valence-corrected chi connectivity index (χ2v) is 17.3. The van der Waals surface area contributed by atoms with Gasteiger partial charge in [0.25, 0.3) is 0 Å². The fourth-order valence-electron chi connectivity index (χ4n) is 10.3. The predicted molar refractivity (Wildman–Crippen MR) is 250 cm³/mol. The van der Waals surface area contributed by atoms with Gasteiger partial charge in [0.2, 0.25) is 0 Å². The van der Waals surface area contributed by atoms with Crippen molar-refractivity contribution in [3.05, 3.63) is 222 Å². The molecule has 1 nitrogen and oxygen atoms in total. The zero-order valence-electron chi connectivity index (χ0n) is 34.0. The molecule has 9 aromatic carbocycles. The van der Waals surface area contributed by atoms with Crippen molar-refractivity contribution in [1.82, 2.24) is 0 Å². The van der Waals surface area contributed by atoms with Gasteiger partial charge < -0.3 is 4.90 Å². The molecule has 0 amide bonds. The Labute approximate surface area is 347 Å². The molecule has 0 saturated heterocycles. The number of rotatable bonds is 6. The fraction of sp³-hybridized carbons (Fsp3) is 0.103. The third-order valence-corrected chi connectivity index (χ3v) is 13.3. The van der Waals surface area contributed by atoms with E-state index in [2.05, 4.69) is 233 Å². The third-order valence-electron chi connectivity index (χ3n) is 13.3. The second kappa shape index (κ2) is 13.3. The summed E-state index contributed by atoms with van der Waals surface area (Å²) >= 11 is 0. The number of hydrogen-bond donors (Lipinski definition) is 0. The summed E-state index contributed by atoms with van der Waals surface area (Å²) in [7, 11) is 0. The van der Waals surface area contributed by atoms with Crippen molar-refractivity contribution in [3.8, 4) is 55.6 Å². The summed E-state index contributed by atoms with van der Waals surface area (Å²) in [5.74, 6) is 0. The van der Waals surface area contributed by atoms with Crippen LogP contribution in [0.25, 0.3) is 66.4 Å². The molecule has 9 aromatic rings. The molecule has 0 heterocycles. The van der Waals surface area contributed by atoms with Crippen molar-refractivity contribution < 1.29 is 0 Å². The van der Waals surface area contributed by atoms with Gasteiger partial charge in [-0.25, -0.2) is 0 Å².